The molecule has 0 heterocycles. The van der Waals surface area contributed by atoms with Crippen LogP contribution in [0, 0.1) is 5.41 Å². The third-order valence-electron chi connectivity index (χ3n) is 1.98. The Balaban J connectivity index is 3.82. The number of aliphatic carboxylic acids is 1. The normalized spacial score (nSPS) is 10.9. The Morgan fingerprint density at radius 3 is 2.44 bits per heavy atom. The SMILES string of the molecule is C=C(C)COCCNC(=O)C(C)(C)C(=O)O. The summed E-state index contributed by atoms with van der Waals surface area (Å²) in [5.41, 5.74) is -0.508. The third kappa shape index (κ3) is 4.93. The Bertz CT molecular complexity index is 284. The summed E-state index contributed by atoms with van der Waals surface area (Å²) in [4.78, 5) is 22.2. The van der Waals surface area contributed by atoms with Crippen LogP contribution < -0.4 is 5.32 Å². The van der Waals surface area contributed by atoms with E-state index < -0.39 is 17.3 Å². The van der Waals surface area contributed by atoms with Crippen LogP contribution in [0.2, 0.25) is 0 Å². The Kier molecular flexibility index (Phi) is 5.74. The maximum absolute atomic E-state index is 11.4. The predicted molar refractivity (Wildman–Crippen MR) is 60.1 cm³/mol. The molecule has 0 fully saturated rings. The smallest absolute Gasteiger partial charge is 0.318 e. The lowest BCUT2D eigenvalue weighted by atomic mass is 9.93. The largest absolute Gasteiger partial charge is 0.480 e. The van der Waals surface area contributed by atoms with Gasteiger partial charge >= 0.3 is 5.97 Å². The van der Waals surface area contributed by atoms with Gasteiger partial charge in [0.05, 0.1) is 13.2 Å². The summed E-state index contributed by atoms with van der Waals surface area (Å²) >= 11 is 0. The van der Waals surface area contributed by atoms with Crippen molar-refractivity contribution in [1.82, 2.24) is 5.32 Å². The number of amides is 1. The van der Waals surface area contributed by atoms with Crippen molar-refractivity contribution in [1.29, 1.82) is 0 Å². The van der Waals surface area contributed by atoms with Crippen molar-refractivity contribution in [3.8, 4) is 0 Å². The number of hydrogen-bond acceptors (Lipinski definition) is 3. The van der Waals surface area contributed by atoms with E-state index in [1.807, 2.05) is 6.92 Å². The molecule has 0 atom stereocenters. The second-order valence-electron chi connectivity index (χ2n) is 4.20. The van der Waals surface area contributed by atoms with Crippen LogP contribution in [0.1, 0.15) is 20.8 Å². The summed E-state index contributed by atoms with van der Waals surface area (Å²) in [5.74, 6) is -1.66. The first-order chi connectivity index (χ1) is 7.28. The van der Waals surface area contributed by atoms with Crippen LogP contribution in [0.4, 0.5) is 0 Å². The summed E-state index contributed by atoms with van der Waals surface area (Å²) in [7, 11) is 0. The van der Waals surface area contributed by atoms with Gasteiger partial charge in [-0.15, -0.1) is 0 Å². The van der Waals surface area contributed by atoms with Gasteiger partial charge in [-0.25, -0.2) is 0 Å². The lowest BCUT2D eigenvalue weighted by molar-refractivity contribution is -0.153. The van der Waals surface area contributed by atoms with E-state index in [1.54, 1.807) is 0 Å². The van der Waals surface area contributed by atoms with Crippen LogP contribution in [-0.2, 0) is 14.3 Å². The van der Waals surface area contributed by atoms with Gasteiger partial charge < -0.3 is 15.2 Å². The highest BCUT2D eigenvalue weighted by atomic mass is 16.5. The van der Waals surface area contributed by atoms with Crippen molar-refractivity contribution >= 4 is 11.9 Å². The first-order valence-electron chi connectivity index (χ1n) is 5.02. The van der Waals surface area contributed by atoms with E-state index in [0.717, 1.165) is 5.57 Å². The average molecular weight is 229 g/mol. The van der Waals surface area contributed by atoms with Crippen molar-refractivity contribution in [3.63, 3.8) is 0 Å². The molecular formula is C11H19NO4. The van der Waals surface area contributed by atoms with Gasteiger partial charge in [-0.1, -0.05) is 12.2 Å². The van der Waals surface area contributed by atoms with Gasteiger partial charge in [0, 0.05) is 6.54 Å². The zero-order valence-corrected chi connectivity index (χ0v) is 10.0. The molecule has 92 valence electrons. The van der Waals surface area contributed by atoms with Gasteiger partial charge in [0.2, 0.25) is 5.91 Å². The molecule has 0 radical (unpaired) electrons. The molecular weight excluding hydrogens is 210 g/mol. The third-order valence-corrected chi connectivity index (χ3v) is 1.98. The zero-order chi connectivity index (χ0) is 12.8. The summed E-state index contributed by atoms with van der Waals surface area (Å²) < 4.78 is 5.16. The van der Waals surface area contributed by atoms with Crippen LogP contribution in [0.3, 0.4) is 0 Å². The van der Waals surface area contributed by atoms with Gasteiger partial charge in [-0.05, 0) is 20.8 Å². The summed E-state index contributed by atoms with van der Waals surface area (Å²) in [6.07, 6.45) is 0. The van der Waals surface area contributed by atoms with E-state index in [1.165, 1.54) is 13.8 Å². The molecule has 0 aromatic rings. The van der Waals surface area contributed by atoms with E-state index in [2.05, 4.69) is 11.9 Å². The Labute approximate surface area is 95.5 Å². The number of nitrogens with one attached hydrogen (secondary N) is 1. The summed E-state index contributed by atoms with van der Waals surface area (Å²) in [5, 5.41) is 11.3. The topological polar surface area (TPSA) is 75.6 Å². The van der Waals surface area contributed by atoms with Crippen molar-refractivity contribution in [2.24, 2.45) is 5.41 Å². The fourth-order valence-electron chi connectivity index (χ4n) is 0.801. The molecule has 0 saturated heterocycles. The highest BCUT2D eigenvalue weighted by Crippen LogP contribution is 2.14. The second kappa shape index (κ2) is 6.27. The second-order valence-corrected chi connectivity index (χ2v) is 4.20. The van der Waals surface area contributed by atoms with E-state index in [9.17, 15) is 9.59 Å². The van der Waals surface area contributed by atoms with Gasteiger partial charge in [-0.2, -0.15) is 0 Å². The van der Waals surface area contributed by atoms with E-state index in [-0.39, 0.29) is 0 Å². The number of hydrogen-bond donors (Lipinski definition) is 2. The summed E-state index contributed by atoms with van der Waals surface area (Å²) in [6, 6.07) is 0. The molecule has 0 aliphatic heterocycles. The van der Waals surface area contributed by atoms with Crippen molar-refractivity contribution in [2.75, 3.05) is 19.8 Å². The maximum atomic E-state index is 11.4. The van der Waals surface area contributed by atoms with Crippen LogP contribution in [0.25, 0.3) is 0 Å². The Hall–Kier alpha value is -1.36. The number of carboxylic acid groups (broad SMARTS) is 1. The standard InChI is InChI=1S/C11H19NO4/c1-8(2)7-16-6-5-12-9(13)11(3,4)10(14)15/h1,5-7H2,2-4H3,(H,12,13)(H,14,15). The summed E-state index contributed by atoms with van der Waals surface area (Å²) in [6.45, 7) is 9.30. The highest BCUT2D eigenvalue weighted by molar-refractivity contribution is 6.00. The molecule has 2 N–H and O–H groups in total. The number of carboxylic acids is 1. The van der Waals surface area contributed by atoms with Gasteiger partial charge in [0.15, 0.2) is 0 Å². The Morgan fingerprint density at radius 1 is 1.44 bits per heavy atom. The highest BCUT2D eigenvalue weighted by Gasteiger charge is 2.35. The fraction of sp³-hybridized carbons (Fsp3) is 0.636. The molecule has 5 heteroatoms. The minimum absolute atomic E-state index is 0.294. The molecule has 0 aromatic heterocycles. The number of carbonyl (C=O) groups excluding carboxylic acids is 1. The molecule has 0 saturated carbocycles. The van der Waals surface area contributed by atoms with Crippen LogP contribution in [-0.4, -0.2) is 36.7 Å². The monoisotopic (exact) mass is 229 g/mol. The van der Waals surface area contributed by atoms with Crippen LogP contribution in [0.15, 0.2) is 12.2 Å². The number of carbonyl (C=O) groups is 2. The van der Waals surface area contributed by atoms with Crippen LogP contribution >= 0.6 is 0 Å². The average Bonchev–Trinajstić information content (AvgIpc) is 2.16. The molecule has 0 rings (SSSR count). The fourth-order valence-corrected chi connectivity index (χ4v) is 0.801. The minimum Gasteiger partial charge on any atom is -0.480 e. The molecule has 0 aromatic carbocycles. The zero-order valence-electron chi connectivity index (χ0n) is 10.0. The minimum atomic E-state index is -1.41. The van der Waals surface area contributed by atoms with E-state index >= 15 is 0 Å². The molecule has 0 aliphatic carbocycles. The molecule has 5 nitrogen and oxygen atoms in total. The van der Waals surface area contributed by atoms with Crippen molar-refractivity contribution in [2.45, 2.75) is 20.8 Å². The van der Waals surface area contributed by atoms with Crippen molar-refractivity contribution < 1.29 is 19.4 Å². The molecule has 0 bridgehead atoms. The van der Waals surface area contributed by atoms with Gasteiger partial charge in [0.25, 0.3) is 0 Å². The van der Waals surface area contributed by atoms with Gasteiger partial charge in [-0.3, -0.25) is 9.59 Å². The number of rotatable bonds is 7. The quantitative estimate of drug-likeness (QED) is 0.385. The van der Waals surface area contributed by atoms with Crippen LogP contribution in [0.5, 0.6) is 0 Å². The molecule has 0 aliphatic rings. The van der Waals surface area contributed by atoms with Gasteiger partial charge in [0.1, 0.15) is 5.41 Å². The van der Waals surface area contributed by atoms with E-state index in [4.69, 9.17) is 9.84 Å². The first kappa shape index (κ1) is 14.6. The van der Waals surface area contributed by atoms with E-state index in [0.29, 0.717) is 19.8 Å². The van der Waals surface area contributed by atoms with Crippen molar-refractivity contribution in [3.05, 3.63) is 12.2 Å². The molecule has 0 spiro atoms. The first-order valence-corrected chi connectivity index (χ1v) is 5.02. The predicted octanol–water partition coefficient (Wildman–Crippen LogP) is 0.806. The molecule has 16 heavy (non-hydrogen) atoms. The lowest BCUT2D eigenvalue weighted by Crippen LogP contribution is -2.43. The molecule has 1 amide bonds. The Morgan fingerprint density at radius 2 is 2.00 bits per heavy atom. The molecule has 0 unspecified atom stereocenters. The maximum Gasteiger partial charge on any atom is 0.318 e. The lowest BCUT2D eigenvalue weighted by Gasteiger charge is -2.18. The number of ether oxygens (including phenoxy) is 1.